The van der Waals surface area contributed by atoms with Crippen molar-refractivity contribution in [3.63, 3.8) is 0 Å². The van der Waals surface area contributed by atoms with E-state index in [-0.39, 0.29) is 22.7 Å². The first-order valence-corrected chi connectivity index (χ1v) is 10.1. The van der Waals surface area contributed by atoms with E-state index >= 15 is 0 Å². The first-order chi connectivity index (χ1) is 14.9. The number of H-pyrrole nitrogens is 1. The molecule has 1 saturated heterocycles. The number of thiazole rings is 1. The molecule has 160 valence electrons. The third-order valence-corrected chi connectivity index (χ3v) is 5.83. The molecule has 0 aliphatic carbocycles. The van der Waals surface area contributed by atoms with E-state index in [1.54, 1.807) is 37.3 Å². The number of fused-ring (bicyclic) bond motifs is 1. The second-order valence-corrected chi connectivity index (χ2v) is 7.85. The summed E-state index contributed by atoms with van der Waals surface area (Å²) in [5, 5.41) is 3.74. The first kappa shape index (κ1) is 20.6. The van der Waals surface area contributed by atoms with Crippen LogP contribution in [0.2, 0.25) is 0 Å². The fraction of sp³-hybridized carbons (Fsp3) is 0.333. The minimum Gasteiger partial charge on any atom is -0.456 e. The lowest BCUT2D eigenvalue weighted by atomic mass is 10.1. The van der Waals surface area contributed by atoms with Crippen molar-refractivity contribution in [3.05, 3.63) is 66.4 Å². The maximum Gasteiger partial charge on any atom is 0.338 e. The summed E-state index contributed by atoms with van der Waals surface area (Å²) in [5.74, 6) is -0.691. The van der Waals surface area contributed by atoms with E-state index in [0.29, 0.717) is 16.9 Å². The standard InChI is InChI=1S/C18H17N7O5S/c1-8(29-16(27)9-5-3-2-4-6-9)11-7-10(23-24-20)15(30-11)25-13-12(31-18(25)28)14(26)22-17(19)21-13/h2-6,8,10-11,15H,7H2,1H3,(H3,19,21,22,26)/t8?,10?,11-,15+/m0/s1. The van der Waals surface area contributed by atoms with E-state index in [1.807, 2.05) is 0 Å². The molecule has 4 rings (SSSR count). The quantitative estimate of drug-likeness (QED) is 0.262. The number of anilines is 1. The molecule has 3 aromatic rings. The number of esters is 1. The zero-order valence-corrected chi connectivity index (χ0v) is 17.0. The lowest BCUT2D eigenvalue weighted by Gasteiger charge is -2.21. The largest absolute Gasteiger partial charge is 0.456 e. The van der Waals surface area contributed by atoms with E-state index in [4.69, 9.17) is 20.7 Å². The number of nitrogens with zero attached hydrogens (tertiary/aromatic N) is 5. The van der Waals surface area contributed by atoms with E-state index in [9.17, 15) is 14.4 Å². The smallest absolute Gasteiger partial charge is 0.338 e. The van der Waals surface area contributed by atoms with Crippen LogP contribution < -0.4 is 16.2 Å². The van der Waals surface area contributed by atoms with Crippen molar-refractivity contribution < 1.29 is 14.3 Å². The van der Waals surface area contributed by atoms with Gasteiger partial charge < -0.3 is 15.2 Å². The predicted molar refractivity (Wildman–Crippen MR) is 112 cm³/mol. The molecule has 3 heterocycles. The minimum absolute atomic E-state index is 0.0361. The predicted octanol–water partition coefficient (Wildman–Crippen LogP) is 1.94. The third-order valence-electron chi connectivity index (χ3n) is 4.89. The third kappa shape index (κ3) is 3.89. The van der Waals surface area contributed by atoms with Gasteiger partial charge in [0.15, 0.2) is 5.65 Å². The molecule has 12 nitrogen and oxygen atoms in total. The van der Waals surface area contributed by atoms with Crippen molar-refractivity contribution in [2.24, 2.45) is 5.11 Å². The van der Waals surface area contributed by atoms with Crippen molar-refractivity contribution in [3.8, 4) is 0 Å². The number of aromatic amines is 1. The van der Waals surface area contributed by atoms with Gasteiger partial charge in [-0.05, 0) is 31.0 Å². The van der Waals surface area contributed by atoms with Gasteiger partial charge >= 0.3 is 10.8 Å². The highest BCUT2D eigenvalue weighted by molar-refractivity contribution is 7.16. The summed E-state index contributed by atoms with van der Waals surface area (Å²) >= 11 is 0.684. The van der Waals surface area contributed by atoms with Gasteiger partial charge in [0.1, 0.15) is 17.0 Å². The van der Waals surface area contributed by atoms with Crippen LogP contribution in [-0.2, 0) is 9.47 Å². The summed E-state index contributed by atoms with van der Waals surface area (Å²) in [6.07, 6.45) is -2.19. The lowest BCUT2D eigenvalue weighted by Crippen LogP contribution is -2.30. The Labute approximate surface area is 177 Å². The van der Waals surface area contributed by atoms with Crippen molar-refractivity contribution in [2.75, 3.05) is 5.73 Å². The number of azide groups is 1. The highest BCUT2D eigenvalue weighted by Gasteiger charge is 2.41. The monoisotopic (exact) mass is 443 g/mol. The zero-order valence-electron chi connectivity index (χ0n) is 16.2. The zero-order chi connectivity index (χ0) is 22.1. The molecule has 2 aromatic heterocycles. The Morgan fingerprint density at radius 1 is 1.45 bits per heavy atom. The number of benzene rings is 1. The van der Waals surface area contributed by atoms with Crippen LogP contribution in [0.1, 0.15) is 29.9 Å². The van der Waals surface area contributed by atoms with Crippen molar-refractivity contribution in [2.45, 2.75) is 37.8 Å². The summed E-state index contributed by atoms with van der Waals surface area (Å²) in [4.78, 5) is 45.8. The molecule has 4 atom stereocenters. The summed E-state index contributed by atoms with van der Waals surface area (Å²) in [7, 11) is 0. The van der Waals surface area contributed by atoms with Crippen LogP contribution in [0.15, 0.2) is 45.0 Å². The number of nitrogens with two attached hydrogens (primary N) is 1. The van der Waals surface area contributed by atoms with Crippen molar-refractivity contribution >= 4 is 33.6 Å². The van der Waals surface area contributed by atoms with Crippen LogP contribution in [0, 0.1) is 0 Å². The van der Waals surface area contributed by atoms with Crippen molar-refractivity contribution in [1.29, 1.82) is 0 Å². The molecule has 3 N–H and O–H groups in total. The Kier molecular flexibility index (Phi) is 5.46. The minimum atomic E-state index is -1.03. The van der Waals surface area contributed by atoms with Gasteiger partial charge in [-0.1, -0.05) is 34.7 Å². The summed E-state index contributed by atoms with van der Waals surface area (Å²) in [5.41, 5.74) is 14.5. The van der Waals surface area contributed by atoms with Crippen LogP contribution in [0.5, 0.6) is 0 Å². The number of hydrogen-bond acceptors (Lipinski definition) is 9. The van der Waals surface area contributed by atoms with Crippen LogP contribution in [0.4, 0.5) is 5.95 Å². The first-order valence-electron chi connectivity index (χ1n) is 9.25. The molecular weight excluding hydrogens is 426 g/mol. The fourth-order valence-electron chi connectivity index (χ4n) is 3.44. The Hall–Kier alpha value is -3.67. The number of ether oxygens (including phenoxy) is 2. The number of carbonyl (C=O) groups is 1. The Morgan fingerprint density at radius 3 is 2.90 bits per heavy atom. The molecule has 1 aliphatic heterocycles. The van der Waals surface area contributed by atoms with Gasteiger partial charge in [-0.3, -0.25) is 19.1 Å². The Morgan fingerprint density at radius 2 is 2.19 bits per heavy atom. The van der Waals surface area contributed by atoms with Gasteiger partial charge in [0, 0.05) is 4.91 Å². The SMILES string of the molecule is CC(OC(=O)c1ccccc1)[C@@H]1CC(N=[N+]=[N-])[C@H](n2c(=O)sc3c(=O)[nH]c(N)nc32)O1. The van der Waals surface area contributed by atoms with E-state index in [1.165, 1.54) is 0 Å². The number of rotatable bonds is 5. The summed E-state index contributed by atoms with van der Waals surface area (Å²) in [6, 6.07) is 7.68. The molecule has 1 aliphatic rings. The van der Waals surface area contributed by atoms with Gasteiger partial charge in [0.05, 0.1) is 17.7 Å². The number of aromatic nitrogens is 3. The summed E-state index contributed by atoms with van der Waals surface area (Å²) < 4.78 is 12.7. The molecule has 0 bridgehead atoms. The molecule has 13 heteroatoms. The Bertz CT molecular complexity index is 1290. The van der Waals surface area contributed by atoms with Gasteiger partial charge in [-0.15, -0.1) is 0 Å². The normalized spacial score (nSPS) is 21.5. The Balaban J connectivity index is 1.64. The van der Waals surface area contributed by atoms with Crippen LogP contribution >= 0.6 is 11.3 Å². The molecule has 31 heavy (non-hydrogen) atoms. The molecule has 0 amide bonds. The molecule has 0 radical (unpaired) electrons. The number of nitrogen functional groups attached to an aromatic ring is 1. The fourth-order valence-corrected chi connectivity index (χ4v) is 4.28. The van der Waals surface area contributed by atoms with Crippen LogP contribution in [0.3, 0.4) is 0 Å². The molecule has 0 saturated carbocycles. The highest BCUT2D eigenvalue weighted by atomic mass is 32.1. The van der Waals surface area contributed by atoms with Gasteiger partial charge in [0.2, 0.25) is 5.95 Å². The molecular formula is C18H17N7O5S. The van der Waals surface area contributed by atoms with Gasteiger partial charge in [-0.2, -0.15) is 4.98 Å². The van der Waals surface area contributed by atoms with Gasteiger partial charge in [-0.25, -0.2) is 4.79 Å². The second kappa shape index (κ2) is 8.22. The average molecular weight is 443 g/mol. The molecule has 1 aromatic carbocycles. The lowest BCUT2D eigenvalue weighted by molar-refractivity contribution is -0.0639. The average Bonchev–Trinajstić information content (AvgIpc) is 3.29. The second-order valence-electron chi connectivity index (χ2n) is 6.89. The number of carbonyl (C=O) groups excluding carboxylic acids is 1. The van der Waals surface area contributed by atoms with Crippen LogP contribution in [0.25, 0.3) is 20.8 Å². The summed E-state index contributed by atoms with van der Waals surface area (Å²) in [6.45, 7) is 1.65. The van der Waals surface area contributed by atoms with E-state index in [2.05, 4.69) is 20.0 Å². The van der Waals surface area contributed by atoms with Gasteiger partial charge in [0.25, 0.3) is 5.56 Å². The molecule has 2 unspecified atom stereocenters. The maximum atomic E-state index is 12.6. The molecule has 0 spiro atoms. The molecule has 1 fully saturated rings. The number of nitrogens with one attached hydrogen (secondary N) is 1. The van der Waals surface area contributed by atoms with E-state index < -0.39 is 40.9 Å². The number of hydrogen-bond donors (Lipinski definition) is 2. The van der Waals surface area contributed by atoms with Crippen LogP contribution in [-0.4, -0.2) is 38.8 Å². The van der Waals surface area contributed by atoms with E-state index in [0.717, 1.165) is 4.57 Å². The topological polar surface area (TPSA) is 178 Å². The van der Waals surface area contributed by atoms with Crippen molar-refractivity contribution in [1.82, 2.24) is 14.5 Å². The maximum absolute atomic E-state index is 12.6. The highest BCUT2D eigenvalue weighted by Crippen LogP contribution is 2.35.